The molecule has 1 aromatic carbocycles. The maximum atomic E-state index is 11.9. The molecule has 0 heterocycles. The third kappa shape index (κ3) is 14.7. The van der Waals surface area contributed by atoms with Gasteiger partial charge in [-0.1, -0.05) is 114 Å². The van der Waals surface area contributed by atoms with Crippen molar-refractivity contribution in [1.29, 1.82) is 0 Å². The lowest BCUT2D eigenvalue weighted by molar-refractivity contribution is 0.0972. The van der Waals surface area contributed by atoms with Gasteiger partial charge in [0.2, 0.25) is 0 Å². The highest BCUT2D eigenvalue weighted by atomic mass is 16.5. The largest absolute Gasteiger partial charge is 0.445 e. The van der Waals surface area contributed by atoms with E-state index in [1.54, 1.807) is 6.08 Å². The lowest BCUT2D eigenvalue weighted by Gasteiger charge is -2.19. The molecule has 31 heavy (non-hydrogen) atoms. The number of aliphatic hydroxyl groups is 2. The third-order valence-electron chi connectivity index (χ3n) is 5.43. The first-order valence-electron chi connectivity index (χ1n) is 12.1. The lowest BCUT2D eigenvalue weighted by atomic mass is 10.0. The van der Waals surface area contributed by atoms with Gasteiger partial charge in [0.15, 0.2) is 0 Å². The summed E-state index contributed by atoms with van der Waals surface area (Å²) >= 11 is 0. The van der Waals surface area contributed by atoms with Gasteiger partial charge in [0.05, 0.1) is 18.8 Å². The molecule has 0 saturated carbocycles. The van der Waals surface area contributed by atoms with E-state index in [1.807, 2.05) is 36.4 Å². The van der Waals surface area contributed by atoms with Crippen molar-refractivity contribution >= 4 is 6.09 Å². The van der Waals surface area contributed by atoms with E-state index < -0.39 is 18.2 Å². The van der Waals surface area contributed by atoms with Gasteiger partial charge in [-0.2, -0.15) is 0 Å². The first kappa shape index (κ1) is 27.2. The average Bonchev–Trinajstić information content (AvgIpc) is 2.79. The lowest BCUT2D eigenvalue weighted by Crippen LogP contribution is -2.45. The van der Waals surface area contributed by atoms with Crippen LogP contribution in [0.1, 0.15) is 89.5 Å². The van der Waals surface area contributed by atoms with E-state index in [2.05, 4.69) is 12.2 Å². The van der Waals surface area contributed by atoms with Gasteiger partial charge in [-0.05, 0) is 18.4 Å². The van der Waals surface area contributed by atoms with Crippen LogP contribution in [0.15, 0.2) is 42.5 Å². The molecule has 0 unspecified atom stereocenters. The van der Waals surface area contributed by atoms with Gasteiger partial charge in [0.1, 0.15) is 6.61 Å². The van der Waals surface area contributed by atoms with Crippen molar-refractivity contribution in [2.75, 3.05) is 6.61 Å². The Morgan fingerprint density at radius 3 is 2.13 bits per heavy atom. The normalized spacial score (nSPS) is 13.3. The molecule has 0 bridgehead atoms. The summed E-state index contributed by atoms with van der Waals surface area (Å²) in [5, 5.41) is 22.2. The van der Waals surface area contributed by atoms with Gasteiger partial charge in [0.25, 0.3) is 0 Å². The minimum atomic E-state index is -0.943. The molecule has 1 aromatic rings. The summed E-state index contributed by atoms with van der Waals surface area (Å²) in [5.41, 5.74) is 0.880. The second kappa shape index (κ2) is 18.9. The molecule has 0 fully saturated rings. The van der Waals surface area contributed by atoms with Crippen LogP contribution in [0.4, 0.5) is 4.79 Å². The Morgan fingerprint density at radius 1 is 0.968 bits per heavy atom. The predicted molar refractivity (Wildman–Crippen MR) is 127 cm³/mol. The number of rotatable bonds is 18. The van der Waals surface area contributed by atoms with E-state index in [1.165, 1.54) is 64.2 Å². The Hall–Kier alpha value is -1.85. The summed E-state index contributed by atoms with van der Waals surface area (Å²) in [4.78, 5) is 11.9. The number of hydrogen-bond acceptors (Lipinski definition) is 4. The van der Waals surface area contributed by atoms with Gasteiger partial charge in [-0.15, -0.1) is 0 Å². The maximum Gasteiger partial charge on any atom is 0.407 e. The number of hydrogen-bond donors (Lipinski definition) is 3. The van der Waals surface area contributed by atoms with Crippen molar-refractivity contribution in [2.45, 2.75) is 103 Å². The van der Waals surface area contributed by atoms with E-state index in [-0.39, 0.29) is 13.2 Å². The minimum absolute atomic E-state index is 0.148. The summed E-state index contributed by atoms with van der Waals surface area (Å²) in [6.07, 6.45) is 17.3. The van der Waals surface area contributed by atoms with Gasteiger partial charge in [-0.3, -0.25) is 0 Å². The number of benzene rings is 1. The Kier molecular flexibility index (Phi) is 16.6. The number of allylic oxidation sites excluding steroid dienone is 1. The first-order valence-corrected chi connectivity index (χ1v) is 12.1. The third-order valence-corrected chi connectivity index (χ3v) is 5.43. The van der Waals surface area contributed by atoms with Gasteiger partial charge >= 0.3 is 6.09 Å². The number of carbonyl (C=O) groups is 1. The fraction of sp³-hybridized carbons (Fsp3) is 0.654. The molecule has 0 radical (unpaired) electrons. The molecule has 0 aromatic heterocycles. The van der Waals surface area contributed by atoms with Crippen LogP contribution in [0.2, 0.25) is 0 Å². The number of nitrogens with one attached hydrogen (secondary N) is 1. The van der Waals surface area contributed by atoms with Gasteiger partial charge in [-0.25, -0.2) is 4.79 Å². The van der Waals surface area contributed by atoms with Crippen LogP contribution in [0.5, 0.6) is 0 Å². The Morgan fingerprint density at radius 2 is 1.55 bits per heavy atom. The molecule has 2 atom stereocenters. The molecule has 1 amide bonds. The number of carbonyl (C=O) groups excluding carboxylic acids is 1. The number of ether oxygens (including phenoxy) is 1. The molecular weight excluding hydrogens is 390 g/mol. The van der Waals surface area contributed by atoms with Crippen LogP contribution in [0.3, 0.4) is 0 Å². The molecule has 3 N–H and O–H groups in total. The molecular formula is C26H43NO4. The number of unbranched alkanes of at least 4 members (excludes halogenated alkanes) is 11. The molecule has 0 aliphatic rings. The fourth-order valence-electron chi connectivity index (χ4n) is 3.45. The van der Waals surface area contributed by atoms with Crippen LogP contribution in [-0.2, 0) is 11.3 Å². The number of alkyl carbamates (subject to hydrolysis) is 1. The van der Waals surface area contributed by atoms with E-state index in [0.29, 0.717) is 0 Å². The van der Waals surface area contributed by atoms with Crippen molar-refractivity contribution in [3.63, 3.8) is 0 Å². The van der Waals surface area contributed by atoms with Crippen LogP contribution >= 0.6 is 0 Å². The number of aliphatic hydroxyl groups excluding tert-OH is 2. The van der Waals surface area contributed by atoms with Crippen LogP contribution in [0.25, 0.3) is 0 Å². The molecule has 5 nitrogen and oxygen atoms in total. The SMILES string of the molecule is CCCCCCCCCCCCC/C=C/[C@@H](O)[C@H](CO)NC(=O)OCc1ccccc1. The molecule has 5 heteroatoms. The van der Waals surface area contributed by atoms with Crippen molar-refractivity contribution in [3.8, 4) is 0 Å². The van der Waals surface area contributed by atoms with Crippen molar-refractivity contribution in [1.82, 2.24) is 5.32 Å². The fourth-order valence-corrected chi connectivity index (χ4v) is 3.45. The topological polar surface area (TPSA) is 78.8 Å². The summed E-state index contributed by atoms with van der Waals surface area (Å²) in [6, 6.07) is 8.59. The summed E-state index contributed by atoms with van der Waals surface area (Å²) < 4.78 is 5.14. The minimum Gasteiger partial charge on any atom is -0.445 e. The molecule has 1 rings (SSSR count). The molecule has 0 saturated heterocycles. The zero-order chi connectivity index (χ0) is 22.6. The summed E-state index contributed by atoms with van der Waals surface area (Å²) in [5.74, 6) is 0. The van der Waals surface area contributed by atoms with Crippen LogP contribution in [0, 0.1) is 0 Å². The van der Waals surface area contributed by atoms with Crippen LogP contribution in [-0.4, -0.2) is 35.1 Å². The summed E-state index contributed by atoms with van der Waals surface area (Å²) in [7, 11) is 0. The Bertz CT molecular complexity index is 576. The van der Waals surface area contributed by atoms with E-state index in [9.17, 15) is 15.0 Å². The zero-order valence-electron chi connectivity index (χ0n) is 19.3. The highest BCUT2D eigenvalue weighted by Crippen LogP contribution is 2.12. The van der Waals surface area contributed by atoms with E-state index in [4.69, 9.17) is 4.74 Å². The molecule has 0 spiro atoms. The van der Waals surface area contributed by atoms with Gasteiger partial charge < -0.3 is 20.3 Å². The monoisotopic (exact) mass is 433 g/mol. The zero-order valence-corrected chi connectivity index (χ0v) is 19.3. The average molecular weight is 434 g/mol. The predicted octanol–water partition coefficient (Wildman–Crippen LogP) is 5.89. The molecule has 0 aliphatic carbocycles. The smallest absolute Gasteiger partial charge is 0.407 e. The van der Waals surface area contributed by atoms with Gasteiger partial charge in [0, 0.05) is 0 Å². The van der Waals surface area contributed by atoms with Crippen molar-refractivity contribution < 1.29 is 19.7 Å². The Balaban J connectivity index is 2.07. The first-order chi connectivity index (χ1) is 15.2. The highest BCUT2D eigenvalue weighted by Gasteiger charge is 2.19. The van der Waals surface area contributed by atoms with Crippen LogP contribution < -0.4 is 5.32 Å². The van der Waals surface area contributed by atoms with Crippen molar-refractivity contribution in [2.24, 2.45) is 0 Å². The summed E-state index contributed by atoms with van der Waals surface area (Å²) in [6.45, 7) is 2.04. The molecule has 0 aliphatic heterocycles. The second-order valence-corrected chi connectivity index (χ2v) is 8.24. The second-order valence-electron chi connectivity index (χ2n) is 8.24. The standard InChI is InChI=1S/C26H43NO4/c1-2-3-4-5-6-7-8-9-10-11-12-13-17-20-25(29)24(21-28)27-26(30)31-22-23-18-15-14-16-19-23/h14-20,24-25,28-29H,2-13,21-22H2,1H3,(H,27,30)/b20-17+/t24-,25+/m0/s1. The van der Waals surface area contributed by atoms with E-state index >= 15 is 0 Å². The maximum absolute atomic E-state index is 11.9. The molecule has 176 valence electrons. The highest BCUT2D eigenvalue weighted by molar-refractivity contribution is 5.67. The Labute approximate surface area is 188 Å². The van der Waals surface area contributed by atoms with E-state index in [0.717, 1.165) is 18.4 Å². The quantitative estimate of drug-likeness (QED) is 0.199. The number of amides is 1. The van der Waals surface area contributed by atoms with Crippen molar-refractivity contribution in [3.05, 3.63) is 48.0 Å².